The Bertz CT molecular complexity index is 654. The molecule has 23 heavy (non-hydrogen) atoms. The summed E-state index contributed by atoms with van der Waals surface area (Å²) in [6.07, 6.45) is 7.17. The number of nitriles is 1. The fourth-order valence-corrected chi connectivity index (χ4v) is 2.52. The molecule has 0 N–H and O–H groups in total. The minimum atomic E-state index is -0.510. The maximum Gasteiger partial charge on any atom is 0.243 e. The molecule has 1 aliphatic heterocycles. The lowest BCUT2D eigenvalue weighted by atomic mass is 10.2. The Morgan fingerprint density at radius 3 is 2.70 bits per heavy atom. The van der Waals surface area contributed by atoms with Crippen LogP contribution in [0.4, 0.5) is 10.1 Å². The Labute approximate surface area is 135 Å². The molecule has 0 atom stereocenters. The summed E-state index contributed by atoms with van der Waals surface area (Å²) in [4.78, 5) is 17.2. The fraction of sp³-hybridized carbons (Fsp3) is 0.412. The lowest BCUT2D eigenvalue weighted by molar-refractivity contribution is -0.131. The third-order valence-corrected chi connectivity index (χ3v) is 3.85. The van der Waals surface area contributed by atoms with E-state index in [0.29, 0.717) is 32.7 Å². The number of terminal acetylenes is 1. The first-order chi connectivity index (χ1) is 11.0. The van der Waals surface area contributed by atoms with Crippen LogP contribution in [0.1, 0.15) is 5.56 Å². The summed E-state index contributed by atoms with van der Waals surface area (Å²) in [6.45, 7) is 4.77. The first-order valence-electron chi connectivity index (χ1n) is 7.42. The van der Waals surface area contributed by atoms with Crippen molar-refractivity contribution < 1.29 is 9.18 Å². The number of aryl methyl sites for hydroxylation is 1. The van der Waals surface area contributed by atoms with Gasteiger partial charge in [-0.15, -0.1) is 6.42 Å². The number of rotatable bonds is 4. The molecule has 1 fully saturated rings. The number of benzene rings is 1. The van der Waals surface area contributed by atoms with E-state index in [4.69, 9.17) is 6.42 Å². The summed E-state index contributed by atoms with van der Waals surface area (Å²) in [6, 6.07) is 4.50. The molecule has 1 aliphatic rings. The average molecular weight is 314 g/mol. The molecule has 2 rings (SSSR count). The predicted octanol–water partition coefficient (Wildman–Crippen LogP) is 1.20. The van der Waals surface area contributed by atoms with Crippen molar-refractivity contribution in [2.24, 2.45) is 0 Å². The first kappa shape index (κ1) is 16.8. The molecule has 0 aromatic heterocycles. The van der Waals surface area contributed by atoms with Crippen LogP contribution in [0.5, 0.6) is 0 Å². The van der Waals surface area contributed by atoms with E-state index in [9.17, 15) is 14.4 Å². The van der Waals surface area contributed by atoms with Crippen LogP contribution in [0.2, 0.25) is 0 Å². The van der Waals surface area contributed by atoms with Gasteiger partial charge in [-0.1, -0.05) is 12.0 Å². The maximum atomic E-state index is 13.9. The standard InChI is InChI=1S/C17H19FN4O/c1-3-6-20-7-9-21(10-8-20)17(23)12-22(13-19)16-11-14(2)4-5-15(16)18/h1,4-5,11H,6-10,12H2,2H3. The number of hydrogen-bond donors (Lipinski definition) is 0. The van der Waals surface area contributed by atoms with Crippen molar-refractivity contribution in [3.63, 3.8) is 0 Å². The van der Waals surface area contributed by atoms with Gasteiger partial charge in [-0.3, -0.25) is 14.6 Å². The zero-order chi connectivity index (χ0) is 16.8. The van der Waals surface area contributed by atoms with Gasteiger partial charge in [0, 0.05) is 26.2 Å². The highest BCUT2D eigenvalue weighted by Gasteiger charge is 2.23. The zero-order valence-corrected chi connectivity index (χ0v) is 13.1. The molecular formula is C17H19FN4O. The second kappa shape index (κ2) is 7.62. The number of carbonyl (C=O) groups excluding carboxylic acids is 1. The minimum Gasteiger partial charge on any atom is -0.339 e. The van der Waals surface area contributed by atoms with Gasteiger partial charge in [0.05, 0.1) is 12.2 Å². The van der Waals surface area contributed by atoms with Crippen molar-refractivity contribution in [3.8, 4) is 18.5 Å². The Morgan fingerprint density at radius 1 is 1.39 bits per heavy atom. The van der Waals surface area contributed by atoms with Crippen LogP contribution in [0.3, 0.4) is 0 Å². The van der Waals surface area contributed by atoms with Gasteiger partial charge in [-0.2, -0.15) is 5.26 Å². The molecule has 6 heteroatoms. The van der Waals surface area contributed by atoms with Crippen molar-refractivity contribution in [1.82, 2.24) is 9.80 Å². The van der Waals surface area contributed by atoms with Crippen LogP contribution in [0.15, 0.2) is 18.2 Å². The van der Waals surface area contributed by atoms with E-state index in [0.717, 1.165) is 10.5 Å². The molecule has 1 saturated heterocycles. The summed E-state index contributed by atoms with van der Waals surface area (Å²) in [5.41, 5.74) is 0.962. The predicted molar refractivity (Wildman–Crippen MR) is 85.9 cm³/mol. The summed E-state index contributed by atoms with van der Waals surface area (Å²) in [5.74, 6) is 1.89. The molecule has 1 heterocycles. The molecule has 0 aliphatic carbocycles. The van der Waals surface area contributed by atoms with E-state index in [1.807, 2.05) is 13.1 Å². The maximum absolute atomic E-state index is 13.9. The van der Waals surface area contributed by atoms with Crippen molar-refractivity contribution in [3.05, 3.63) is 29.6 Å². The first-order valence-corrected chi connectivity index (χ1v) is 7.42. The van der Waals surface area contributed by atoms with Crippen molar-refractivity contribution in [2.75, 3.05) is 44.2 Å². The van der Waals surface area contributed by atoms with Crippen LogP contribution in [-0.4, -0.2) is 55.0 Å². The molecule has 120 valence electrons. The molecule has 0 radical (unpaired) electrons. The topological polar surface area (TPSA) is 50.6 Å². The smallest absolute Gasteiger partial charge is 0.243 e. The van der Waals surface area contributed by atoms with Gasteiger partial charge in [-0.25, -0.2) is 4.39 Å². The van der Waals surface area contributed by atoms with Gasteiger partial charge in [0.15, 0.2) is 6.19 Å². The van der Waals surface area contributed by atoms with Gasteiger partial charge in [0.1, 0.15) is 12.4 Å². The van der Waals surface area contributed by atoms with Crippen LogP contribution >= 0.6 is 0 Å². The highest BCUT2D eigenvalue weighted by Crippen LogP contribution is 2.20. The number of piperazine rings is 1. The van der Waals surface area contributed by atoms with Gasteiger partial charge < -0.3 is 4.90 Å². The monoisotopic (exact) mass is 314 g/mol. The summed E-state index contributed by atoms with van der Waals surface area (Å²) < 4.78 is 13.9. The average Bonchev–Trinajstić information content (AvgIpc) is 2.56. The van der Waals surface area contributed by atoms with E-state index in [2.05, 4.69) is 10.8 Å². The second-order valence-corrected chi connectivity index (χ2v) is 5.50. The van der Waals surface area contributed by atoms with Crippen LogP contribution in [0.25, 0.3) is 0 Å². The number of amides is 1. The van der Waals surface area contributed by atoms with Crippen LogP contribution in [-0.2, 0) is 4.79 Å². The molecule has 1 aromatic rings. The Kier molecular flexibility index (Phi) is 5.56. The lowest BCUT2D eigenvalue weighted by Crippen LogP contribution is -2.50. The van der Waals surface area contributed by atoms with Crippen LogP contribution in [0, 0.1) is 36.5 Å². The summed E-state index contributed by atoms with van der Waals surface area (Å²) in [5, 5.41) is 9.26. The van der Waals surface area contributed by atoms with Crippen LogP contribution < -0.4 is 4.90 Å². The highest BCUT2D eigenvalue weighted by atomic mass is 19.1. The van der Waals surface area contributed by atoms with Gasteiger partial charge >= 0.3 is 0 Å². The molecule has 0 spiro atoms. The van der Waals surface area contributed by atoms with Crippen molar-refractivity contribution in [2.45, 2.75) is 6.92 Å². The number of carbonyl (C=O) groups is 1. The molecule has 1 aromatic carbocycles. The van der Waals surface area contributed by atoms with Gasteiger partial charge in [0.25, 0.3) is 0 Å². The quantitative estimate of drug-likeness (QED) is 0.476. The number of nitrogens with zero attached hydrogens (tertiary/aromatic N) is 4. The molecule has 0 bridgehead atoms. The third-order valence-electron chi connectivity index (χ3n) is 3.85. The van der Waals surface area contributed by atoms with E-state index in [1.54, 1.807) is 17.0 Å². The van der Waals surface area contributed by atoms with E-state index in [1.165, 1.54) is 6.07 Å². The summed E-state index contributed by atoms with van der Waals surface area (Å²) >= 11 is 0. The Morgan fingerprint density at radius 2 is 2.09 bits per heavy atom. The molecule has 1 amide bonds. The fourth-order valence-electron chi connectivity index (χ4n) is 2.52. The normalized spacial score (nSPS) is 14.9. The molecule has 0 saturated carbocycles. The molecule has 0 unspecified atom stereocenters. The lowest BCUT2D eigenvalue weighted by Gasteiger charge is -2.34. The van der Waals surface area contributed by atoms with Gasteiger partial charge in [-0.05, 0) is 24.6 Å². The Hall–Kier alpha value is -2.57. The largest absolute Gasteiger partial charge is 0.339 e. The number of halogens is 1. The molecule has 5 nitrogen and oxygen atoms in total. The SMILES string of the molecule is C#CCN1CCN(C(=O)CN(C#N)c2cc(C)ccc2F)CC1. The highest BCUT2D eigenvalue weighted by molar-refractivity contribution is 5.82. The van der Waals surface area contributed by atoms with Crippen molar-refractivity contribution >= 4 is 11.6 Å². The Balaban J connectivity index is 2.00. The minimum absolute atomic E-state index is 0.131. The van der Waals surface area contributed by atoms with E-state index in [-0.39, 0.29) is 18.1 Å². The number of hydrogen-bond acceptors (Lipinski definition) is 4. The third kappa shape index (κ3) is 4.21. The number of anilines is 1. The second-order valence-electron chi connectivity index (χ2n) is 5.50. The van der Waals surface area contributed by atoms with Crippen molar-refractivity contribution in [1.29, 1.82) is 5.26 Å². The summed E-state index contributed by atoms with van der Waals surface area (Å²) in [7, 11) is 0. The van der Waals surface area contributed by atoms with E-state index >= 15 is 0 Å². The zero-order valence-electron chi connectivity index (χ0n) is 13.1. The van der Waals surface area contributed by atoms with E-state index < -0.39 is 5.82 Å². The molecular weight excluding hydrogens is 295 g/mol. The van der Waals surface area contributed by atoms with Gasteiger partial charge in [0.2, 0.25) is 5.91 Å².